The lowest BCUT2D eigenvalue weighted by molar-refractivity contribution is -0.887. The number of unbranched alkanes of at least 4 members (excludes halogenated alkanes) is 12. The summed E-state index contributed by atoms with van der Waals surface area (Å²) in [5, 5.41) is 9.64. The Morgan fingerprint density at radius 2 is 0.935 bits per heavy atom. The minimum absolute atomic E-state index is 0.0300. The van der Waals surface area contributed by atoms with Crippen LogP contribution >= 0.6 is 0 Å². The fourth-order valence-electron chi connectivity index (χ4n) is 6.50. The summed E-state index contributed by atoms with van der Waals surface area (Å²) in [5.41, 5.74) is 0. The van der Waals surface area contributed by atoms with Crippen molar-refractivity contribution in [3.8, 4) is 0 Å². The Morgan fingerprint density at radius 1 is 0.500 bits per heavy atom. The van der Waals surface area contributed by atoms with Gasteiger partial charge in [0.15, 0.2) is 12.1 Å². The van der Waals surface area contributed by atoms with Crippen LogP contribution in [0.1, 0.15) is 174 Å². The van der Waals surface area contributed by atoms with Crippen molar-refractivity contribution in [3.05, 3.63) is 97.2 Å². The molecule has 0 aromatic heterocycles. The molecule has 0 aliphatic carbocycles. The molecule has 0 aliphatic heterocycles. The van der Waals surface area contributed by atoms with E-state index in [9.17, 15) is 19.5 Å². The lowest BCUT2D eigenvalue weighted by Crippen LogP contribution is -2.50. The van der Waals surface area contributed by atoms with Gasteiger partial charge in [-0.15, -0.1) is 0 Å². The maximum absolute atomic E-state index is 12.8. The van der Waals surface area contributed by atoms with E-state index in [1.165, 1.54) is 64.2 Å². The lowest BCUT2D eigenvalue weighted by atomic mass is 10.1. The molecule has 2 unspecified atom stereocenters. The van der Waals surface area contributed by atoms with E-state index in [-0.39, 0.29) is 42.7 Å². The monoisotopic (exact) mass is 865 g/mol. The lowest BCUT2D eigenvalue weighted by Gasteiger charge is -2.31. The number of allylic oxidation sites excluding steroid dienone is 16. The van der Waals surface area contributed by atoms with E-state index >= 15 is 0 Å². The summed E-state index contributed by atoms with van der Waals surface area (Å²) in [6.07, 6.45) is 59.0. The average molecular weight is 865 g/mol. The van der Waals surface area contributed by atoms with E-state index in [4.69, 9.17) is 14.2 Å². The van der Waals surface area contributed by atoms with Crippen molar-refractivity contribution < 1.29 is 38.2 Å². The number of nitrogens with zero attached hydrogens (tertiary/aromatic N) is 1. The minimum Gasteiger partial charge on any atom is -0.477 e. The number of ether oxygens (including phenoxy) is 3. The van der Waals surface area contributed by atoms with Crippen LogP contribution in [-0.2, 0) is 28.6 Å². The molecule has 0 radical (unpaired) electrons. The first-order valence-corrected chi connectivity index (χ1v) is 24.3. The molecule has 0 heterocycles. The van der Waals surface area contributed by atoms with Gasteiger partial charge in [0, 0.05) is 19.3 Å². The molecule has 0 fully saturated rings. The standard InChI is InChI=1S/C54H89NO7/c1-6-8-10-12-14-16-18-20-22-24-25-26-27-28-29-31-33-35-37-39-41-43-45-53(57)62-50(48-60-47-46-51(54(58)59)55(3,4)5)49-61-52(56)44-42-40-38-36-34-32-30-23-21-19-17-15-13-11-9-7-2/h9,11,14-17,20-23,25-26,32,34,38,40,50-51H,6-8,10,12-13,18-19,24,27-31,33,35-37,39,41-49H2,1-5H3/p+1/b11-9+,16-14+,17-15+,22-20+,23-21+,26-25+,34-32+,40-38+. The first kappa shape index (κ1) is 58.2. The maximum atomic E-state index is 12.8. The Labute approximate surface area is 379 Å². The van der Waals surface area contributed by atoms with Crippen molar-refractivity contribution in [2.75, 3.05) is 41.0 Å². The second-order valence-electron chi connectivity index (χ2n) is 17.0. The van der Waals surface area contributed by atoms with Crippen molar-refractivity contribution in [3.63, 3.8) is 0 Å². The number of carboxylic acids is 1. The largest absolute Gasteiger partial charge is 0.477 e. The summed E-state index contributed by atoms with van der Waals surface area (Å²) in [4.78, 5) is 37.1. The van der Waals surface area contributed by atoms with E-state index in [1.807, 2.05) is 33.3 Å². The molecule has 0 aliphatic rings. The Kier molecular flexibility index (Phi) is 41.2. The predicted octanol–water partition coefficient (Wildman–Crippen LogP) is 13.9. The third-order valence-electron chi connectivity index (χ3n) is 10.2. The maximum Gasteiger partial charge on any atom is 0.362 e. The molecule has 0 spiro atoms. The number of aliphatic carboxylic acids is 1. The number of carboxylic acid groups (broad SMARTS) is 1. The van der Waals surface area contributed by atoms with E-state index in [0.29, 0.717) is 19.3 Å². The molecule has 0 rings (SSSR count). The third-order valence-corrected chi connectivity index (χ3v) is 10.2. The Bertz CT molecular complexity index is 1330. The van der Waals surface area contributed by atoms with Gasteiger partial charge in [-0.3, -0.25) is 9.59 Å². The van der Waals surface area contributed by atoms with Gasteiger partial charge in [-0.25, -0.2) is 4.79 Å². The predicted molar refractivity (Wildman–Crippen MR) is 261 cm³/mol. The minimum atomic E-state index is -0.889. The number of carbonyl (C=O) groups is 3. The molecule has 2 atom stereocenters. The van der Waals surface area contributed by atoms with Gasteiger partial charge in [-0.2, -0.15) is 0 Å². The summed E-state index contributed by atoms with van der Waals surface area (Å²) in [6.45, 7) is 4.50. The SMILES string of the molecule is CC/C=C/C/C=C/C/C=C/C/C=C/C/C=C/CCC(=O)OCC(COCCC(C(=O)O)[N+](C)(C)C)OC(=O)CCCCCCCCCCC/C=C/C/C=C/C/C=C/CCCCC. The van der Waals surface area contributed by atoms with Crippen LogP contribution in [0.2, 0.25) is 0 Å². The van der Waals surface area contributed by atoms with Gasteiger partial charge in [0.1, 0.15) is 6.61 Å². The number of hydrogen-bond acceptors (Lipinski definition) is 6. The molecule has 0 amide bonds. The first-order chi connectivity index (χ1) is 30.1. The van der Waals surface area contributed by atoms with Crippen molar-refractivity contribution >= 4 is 17.9 Å². The third kappa shape index (κ3) is 41.6. The van der Waals surface area contributed by atoms with Crippen LogP contribution in [0.5, 0.6) is 0 Å². The molecule has 352 valence electrons. The van der Waals surface area contributed by atoms with Gasteiger partial charge in [0.25, 0.3) is 0 Å². The van der Waals surface area contributed by atoms with Crippen molar-refractivity contribution in [1.82, 2.24) is 0 Å². The van der Waals surface area contributed by atoms with Crippen LogP contribution in [-0.4, -0.2) is 80.6 Å². The number of carbonyl (C=O) groups excluding carboxylic acids is 2. The number of quaternary nitrogens is 1. The van der Waals surface area contributed by atoms with Crippen LogP contribution in [0.3, 0.4) is 0 Å². The van der Waals surface area contributed by atoms with E-state index in [1.54, 1.807) is 0 Å². The van der Waals surface area contributed by atoms with Gasteiger partial charge in [0.2, 0.25) is 0 Å². The zero-order chi connectivity index (χ0) is 45.6. The zero-order valence-corrected chi connectivity index (χ0v) is 40.0. The summed E-state index contributed by atoms with van der Waals surface area (Å²) in [7, 11) is 5.50. The highest BCUT2D eigenvalue weighted by Crippen LogP contribution is 2.14. The molecular weight excluding hydrogens is 775 g/mol. The van der Waals surface area contributed by atoms with Crippen molar-refractivity contribution in [2.45, 2.75) is 187 Å². The summed E-state index contributed by atoms with van der Waals surface area (Å²) < 4.78 is 17.2. The second kappa shape index (κ2) is 43.9. The van der Waals surface area contributed by atoms with Crippen LogP contribution in [0.15, 0.2) is 97.2 Å². The van der Waals surface area contributed by atoms with Gasteiger partial charge in [0.05, 0.1) is 34.4 Å². The molecule has 62 heavy (non-hydrogen) atoms. The number of rotatable bonds is 42. The van der Waals surface area contributed by atoms with Gasteiger partial charge >= 0.3 is 17.9 Å². The van der Waals surface area contributed by atoms with Gasteiger partial charge in [-0.05, 0) is 83.5 Å². The van der Waals surface area contributed by atoms with Crippen molar-refractivity contribution in [2.24, 2.45) is 0 Å². The Morgan fingerprint density at radius 3 is 1.40 bits per heavy atom. The summed E-state index contributed by atoms with van der Waals surface area (Å²) >= 11 is 0. The summed E-state index contributed by atoms with van der Waals surface area (Å²) in [6, 6.07) is -0.632. The topological polar surface area (TPSA) is 99.1 Å². The smallest absolute Gasteiger partial charge is 0.362 e. The average Bonchev–Trinajstić information content (AvgIpc) is 3.23. The van der Waals surface area contributed by atoms with Crippen molar-refractivity contribution in [1.29, 1.82) is 0 Å². The van der Waals surface area contributed by atoms with E-state index in [2.05, 4.69) is 98.9 Å². The highest BCUT2D eigenvalue weighted by Gasteiger charge is 2.31. The molecule has 8 nitrogen and oxygen atoms in total. The molecule has 0 saturated carbocycles. The van der Waals surface area contributed by atoms with Crippen LogP contribution < -0.4 is 0 Å². The normalized spacial score (nSPS) is 13.8. The molecule has 0 aromatic carbocycles. The van der Waals surface area contributed by atoms with Gasteiger partial charge in [-0.1, -0.05) is 169 Å². The summed E-state index contributed by atoms with van der Waals surface area (Å²) in [5.74, 6) is -1.59. The number of likely N-dealkylation sites (N-methyl/N-ethyl adjacent to an activating group) is 1. The van der Waals surface area contributed by atoms with E-state index < -0.39 is 18.1 Å². The second-order valence-corrected chi connectivity index (χ2v) is 17.0. The molecule has 0 bridgehead atoms. The van der Waals surface area contributed by atoms with Crippen LogP contribution in [0.4, 0.5) is 0 Å². The van der Waals surface area contributed by atoms with Gasteiger partial charge < -0.3 is 23.8 Å². The number of hydrogen-bond donors (Lipinski definition) is 1. The first-order valence-electron chi connectivity index (χ1n) is 24.3. The van der Waals surface area contributed by atoms with E-state index in [0.717, 1.165) is 70.6 Å². The molecule has 0 aromatic rings. The quantitative estimate of drug-likeness (QED) is 0.0282. The zero-order valence-electron chi connectivity index (χ0n) is 40.0. The van der Waals surface area contributed by atoms with Crippen LogP contribution in [0, 0.1) is 0 Å². The van der Waals surface area contributed by atoms with Crippen LogP contribution in [0.25, 0.3) is 0 Å². The fraction of sp³-hybridized carbons (Fsp3) is 0.648. The Hall–Kier alpha value is -3.75. The highest BCUT2D eigenvalue weighted by atomic mass is 16.6. The molecule has 0 saturated heterocycles. The molecule has 1 N–H and O–H groups in total. The number of esters is 2. The molecule has 8 heteroatoms. The molecular formula is C54H90NO7+. The fourth-order valence-corrected chi connectivity index (χ4v) is 6.50. The Balaban J connectivity index is 4.39. The highest BCUT2D eigenvalue weighted by molar-refractivity contribution is 5.72.